The molecule has 1 heterocycles. The lowest BCUT2D eigenvalue weighted by Crippen LogP contribution is -2.15. The van der Waals surface area contributed by atoms with Crippen molar-refractivity contribution in [3.05, 3.63) is 36.5 Å². The van der Waals surface area contributed by atoms with E-state index in [0.29, 0.717) is 0 Å². The third kappa shape index (κ3) is 2.72. The highest BCUT2D eigenvalue weighted by Gasteiger charge is 2.06. The SMILES string of the molecule is C=CC(=C)CCC=C1COC1. The van der Waals surface area contributed by atoms with Gasteiger partial charge in [-0.1, -0.05) is 30.9 Å². The van der Waals surface area contributed by atoms with Crippen molar-refractivity contribution >= 4 is 0 Å². The van der Waals surface area contributed by atoms with E-state index in [-0.39, 0.29) is 0 Å². The Morgan fingerprint density at radius 1 is 1.55 bits per heavy atom. The van der Waals surface area contributed by atoms with E-state index in [2.05, 4.69) is 19.2 Å². The second kappa shape index (κ2) is 4.14. The smallest absolute Gasteiger partial charge is 0.0703 e. The van der Waals surface area contributed by atoms with E-state index in [0.717, 1.165) is 31.6 Å². The van der Waals surface area contributed by atoms with Gasteiger partial charge < -0.3 is 4.74 Å². The maximum atomic E-state index is 5.01. The number of hydrogen-bond donors (Lipinski definition) is 0. The van der Waals surface area contributed by atoms with Gasteiger partial charge in [0, 0.05) is 0 Å². The Morgan fingerprint density at radius 3 is 2.73 bits per heavy atom. The molecule has 0 saturated carbocycles. The Hall–Kier alpha value is -0.820. The van der Waals surface area contributed by atoms with Crippen LogP contribution in [0, 0.1) is 0 Å². The van der Waals surface area contributed by atoms with Crippen LogP contribution in [0.1, 0.15) is 12.8 Å². The zero-order valence-corrected chi connectivity index (χ0v) is 6.81. The van der Waals surface area contributed by atoms with Gasteiger partial charge in [0.1, 0.15) is 0 Å². The summed E-state index contributed by atoms with van der Waals surface area (Å²) >= 11 is 0. The quantitative estimate of drug-likeness (QED) is 0.442. The van der Waals surface area contributed by atoms with Crippen LogP contribution in [0.15, 0.2) is 36.5 Å². The van der Waals surface area contributed by atoms with Gasteiger partial charge in [-0.3, -0.25) is 0 Å². The molecular formula is C10H14O. The summed E-state index contributed by atoms with van der Waals surface area (Å²) in [5, 5.41) is 0. The fourth-order valence-electron chi connectivity index (χ4n) is 0.902. The van der Waals surface area contributed by atoms with Crippen LogP contribution in [0.4, 0.5) is 0 Å². The highest BCUT2D eigenvalue weighted by atomic mass is 16.5. The van der Waals surface area contributed by atoms with Crippen molar-refractivity contribution in [2.24, 2.45) is 0 Å². The fourth-order valence-corrected chi connectivity index (χ4v) is 0.902. The third-order valence-corrected chi connectivity index (χ3v) is 1.76. The number of rotatable bonds is 4. The second-order valence-electron chi connectivity index (χ2n) is 2.76. The van der Waals surface area contributed by atoms with Crippen molar-refractivity contribution in [2.75, 3.05) is 13.2 Å². The van der Waals surface area contributed by atoms with Gasteiger partial charge >= 0.3 is 0 Å². The lowest BCUT2D eigenvalue weighted by Gasteiger charge is -2.17. The molecule has 1 nitrogen and oxygen atoms in total. The molecule has 0 amide bonds. The van der Waals surface area contributed by atoms with Gasteiger partial charge in [-0.15, -0.1) is 0 Å². The average molecular weight is 150 g/mol. The summed E-state index contributed by atoms with van der Waals surface area (Å²) in [6.07, 6.45) is 6.14. The predicted molar refractivity (Wildman–Crippen MR) is 47.5 cm³/mol. The molecule has 1 saturated heterocycles. The van der Waals surface area contributed by atoms with Crippen LogP contribution in [0.3, 0.4) is 0 Å². The van der Waals surface area contributed by atoms with E-state index in [4.69, 9.17) is 4.74 Å². The molecule has 60 valence electrons. The summed E-state index contributed by atoms with van der Waals surface area (Å²) in [6.45, 7) is 9.15. The summed E-state index contributed by atoms with van der Waals surface area (Å²) in [5.41, 5.74) is 2.53. The minimum Gasteiger partial charge on any atom is -0.373 e. The van der Waals surface area contributed by atoms with Crippen molar-refractivity contribution in [2.45, 2.75) is 12.8 Å². The Bertz CT molecular complexity index is 183. The zero-order chi connectivity index (χ0) is 8.10. The van der Waals surface area contributed by atoms with Crippen molar-refractivity contribution in [1.29, 1.82) is 0 Å². The van der Waals surface area contributed by atoms with Crippen LogP contribution in [0.5, 0.6) is 0 Å². The van der Waals surface area contributed by atoms with E-state index in [1.54, 1.807) is 0 Å². The summed E-state index contributed by atoms with van der Waals surface area (Å²) in [4.78, 5) is 0. The van der Waals surface area contributed by atoms with Crippen molar-refractivity contribution in [3.63, 3.8) is 0 Å². The van der Waals surface area contributed by atoms with Crippen molar-refractivity contribution in [3.8, 4) is 0 Å². The van der Waals surface area contributed by atoms with Crippen LogP contribution in [0.25, 0.3) is 0 Å². The van der Waals surface area contributed by atoms with Crippen LogP contribution in [-0.2, 0) is 4.74 Å². The molecule has 11 heavy (non-hydrogen) atoms. The topological polar surface area (TPSA) is 9.23 Å². The van der Waals surface area contributed by atoms with E-state index in [9.17, 15) is 0 Å². The second-order valence-corrected chi connectivity index (χ2v) is 2.76. The molecule has 1 heteroatoms. The molecule has 0 bridgehead atoms. The molecule has 0 aliphatic carbocycles. The normalized spacial score (nSPS) is 15.5. The molecule has 0 atom stereocenters. The highest BCUT2D eigenvalue weighted by Crippen LogP contribution is 2.11. The van der Waals surface area contributed by atoms with E-state index in [1.807, 2.05) is 6.08 Å². The maximum Gasteiger partial charge on any atom is 0.0703 e. The molecule has 1 aliphatic heterocycles. The standard InChI is InChI=1S/C10H14O/c1-3-9(2)5-4-6-10-7-11-8-10/h3,6H,1-2,4-5,7-8H2. The number of hydrogen-bond acceptors (Lipinski definition) is 1. The maximum absolute atomic E-state index is 5.01. The monoisotopic (exact) mass is 150 g/mol. The lowest BCUT2D eigenvalue weighted by molar-refractivity contribution is 0.102. The summed E-state index contributed by atoms with van der Waals surface area (Å²) in [7, 11) is 0. The van der Waals surface area contributed by atoms with E-state index < -0.39 is 0 Å². The average Bonchev–Trinajstić information content (AvgIpc) is 1.94. The van der Waals surface area contributed by atoms with Gasteiger partial charge in [-0.2, -0.15) is 0 Å². The largest absolute Gasteiger partial charge is 0.373 e. The van der Waals surface area contributed by atoms with Crippen LogP contribution < -0.4 is 0 Å². The molecule has 0 aromatic carbocycles. The van der Waals surface area contributed by atoms with E-state index in [1.165, 1.54) is 5.57 Å². The molecule has 1 aliphatic rings. The summed E-state index contributed by atoms with van der Waals surface area (Å²) < 4.78 is 5.01. The molecule has 0 aromatic rings. The van der Waals surface area contributed by atoms with Crippen molar-refractivity contribution in [1.82, 2.24) is 0 Å². The molecule has 0 radical (unpaired) electrons. The van der Waals surface area contributed by atoms with Crippen molar-refractivity contribution < 1.29 is 4.74 Å². The first-order valence-corrected chi connectivity index (χ1v) is 3.89. The van der Waals surface area contributed by atoms with Gasteiger partial charge in [0.25, 0.3) is 0 Å². The molecule has 1 fully saturated rings. The molecule has 1 rings (SSSR count). The molecular weight excluding hydrogens is 136 g/mol. The lowest BCUT2D eigenvalue weighted by atomic mass is 10.1. The fraction of sp³-hybridized carbons (Fsp3) is 0.400. The van der Waals surface area contributed by atoms with E-state index >= 15 is 0 Å². The van der Waals surface area contributed by atoms with Gasteiger partial charge in [0.2, 0.25) is 0 Å². The Morgan fingerprint density at radius 2 is 2.27 bits per heavy atom. The minimum absolute atomic E-state index is 0.834. The minimum atomic E-state index is 0.834. The van der Waals surface area contributed by atoms with Crippen LogP contribution in [0.2, 0.25) is 0 Å². The Balaban J connectivity index is 2.12. The summed E-state index contributed by atoms with van der Waals surface area (Å²) in [6, 6.07) is 0. The number of allylic oxidation sites excluding steroid dienone is 3. The van der Waals surface area contributed by atoms with Gasteiger partial charge in [-0.25, -0.2) is 0 Å². The van der Waals surface area contributed by atoms with Gasteiger partial charge in [0.15, 0.2) is 0 Å². The molecule has 0 unspecified atom stereocenters. The van der Waals surface area contributed by atoms with Gasteiger partial charge in [-0.05, 0) is 18.4 Å². The predicted octanol–water partition coefficient (Wildman–Crippen LogP) is 2.47. The first kappa shape index (κ1) is 8.28. The number of ether oxygens (including phenoxy) is 1. The Kier molecular flexibility index (Phi) is 3.12. The molecule has 0 spiro atoms. The Labute approximate surface area is 68.1 Å². The molecule has 0 aromatic heterocycles. The first-order chi connectivity index (χ1) is 5.33. The third-order valence-electron chi connectivity index (χ3n) is 1.76. The first-order valence-electron chi connectivity index (χ1n) is 3.89. The van der Waals surface area contributed by atoms with Gasteiger partial charge in [0.05, 0.1) is 13.2 Å². The van der Waals surface area contributed by atoms with Crippen LogP contribution >= 0.6 is 0 Å². The molecule has 0 N–H and O–H groups in total. The summed E-state index contributed by atoms with van der Waals surface area (Å²) in [5.74, 6) is 0. The van der Waals surface area contributed by atoms with Crippen LogP contribution in [-0.4, -0.2) is 13.2 Å². The highest BCUT2D eigenvalue weighted by molar-refractivity contribution is 5.14. The zero-order valence-electron chi connectivity index (χ0n) is 6.81.